The minimum absolute atomic E-state index is 0.254. The van der Waals surface area contributed by atoms with Crippen LogP contribution < -0.4 is 5.32 Å². The molecule has 0 radical (unpaired) electrons. The average molecular weight is 255 g/mol. The first kappa shape index (κ1) is 12.5. The van der Waals surface area contributed by atoms with E-state index in [4.69, 9.17) is 10.2 Å². The molecule has 0 aromatic carbocycles. The molecular weight excluding hydrogens is 238 g/mol. The molecule has 0 unspecified atom stereocenters. The van der Waals surface area contributed by atoms with Crippen LogP contribution in [0.1, 0.15) is 34.5 Å². The molecule has 1 saturated carbocycles. The molecule has 0 bridgehead atoms. The van der Waals surface area contributed by atoms with Gasteiger partial charge in [0.05, 0.1) is 5.56 Å². The van der Waals surface area contributed by atoms with E-state index >= 15 is 0 Å². The Morgan fingerprint density at radius 1 is 1.53 bits per heavy atom. The summed E-state index contributed by atoms with van der Waals surface area (Å²) in [5.41, 5.74) is 0.671. The van der Waals surface area contributed by atoms with Crippen molar-refractivity contribution in [3.8, 4) is 0 Å². The van der Waals surface area contributed by atoms with E-state index in [0.29, 0.717) is 17.5 Å². The second-order valence-electron chi connectivity index (χ2n) is 4.68. The van der Waals surface area contributed by atoms with Gasteiger partial charge < -0.3 is 15.5 Å². The number of rotatable bonds is 7. The normalized spacial score (nSPS) is 17.0. The summed E-state index contributed by atoms with van der Waals surface area (Å²) >= 11 is 1.47. The molecule has 0 amide bonds. The maximum Gasteiger partial charge on any atom is 0.336 e. The predicted molar refractivity (Wildman–Crippen MR) is 66.4 cm³/mol. The molecule has 0 atom stereocenters. The first-order valence-corrected chi connectivity index (χ1v) is 6.65. The molecule has 1 aromatic heterocycles. The molecule has 1 aromatic rings. The molecular formula is C12H17NO3S. The van der Waals surface area contributed by atoms with Gasteiger partial charge in [-0.2, -0.15) is 0 Å². The highest BCUT2D eigenvalue weighted by Gasteiger charge is 2.41. The van der Waals surface area contributed by atoms with Crippen LogP contribution in [0.3, 0.4) is 0 Å². The Kier molecular flexibility index (Phi) is 3.81. The van der Waals surface area contributed by atoms with Crippen molar-refractivity contribution < 1.29 is 15.0 Å². The Morgan fingerprint density at radius 2 is 2.29 bits per heavy atom. The summed E-state index contributed by atoms with van der Waals surface area (Å²) in [6, 6.07) is 1.71. The summed E-state index contributed by atoms with van der Waals surface area (Å²) in [4.78, 5) is 11.7. The van der Waals surface area contributed by atoms with Gasteiger partial charge in [0.25, 0.3) is 0 Å². The van der Waals surface area contributed by atoms with Gasteiger partial charge in [0, 0.05) is 30.0 Å². The van der Waals surface area contributed by atoms with Crippen LogP contribution in [0, 0.1) is 5.41 Å². The van der Waals surface area contributed by atoms with Crippen molar-refractivity contribution in [3.05, 3.63) is 21.9 Å². The lowest BCUT2D eigenvalue weighted by molar-refractivity contribution is 0.0697. The smallest absolute Gasteiger partial charge is 0.336 e. The average Bonchev–Trinajstić information content (AvgIpc) is 2.88. The van der Waals surface area contributed by atoms with Gasteiger partial charge in [-0.1, -0.05) is 0 Å². The lowest BCUT2D eigenvalue weighted by atomic mass is 10.0. The minimum Gasteiger partial charge on any atom is -0.478 e. The van der Waals surface area contributed by atoms with E-state index in [1.165, 1.54) is 24.2 Å². The van der Waals surface area contributed by atoms with E-state index in [2.05, 4.69) is 5.32 Å². The molecule has 0 spiro atoms. The zero-order chi connectivity index (χ0) is 12.3. The molecule has 0 saturated heterocycles. The molecule has 1 heterocycles. The van der Waals surface area contributed by atoms with E-state index < -0.39 is 5.97 Å². The number of thiophene rings is 1. The number of carboxylic acids is 1. The Labute approximate surface area is 104 Å². The summed E-state index contributed by atoms with van der Waals surface area (Å²) in [6.45, 7) is 1.88. The molecule has 4 nitrogen and oxygen atoms in total. The molecule has 2 rings (SSSR count). The number of aliphatic hydroxyl groups excluding tert-OH is 1. The molecule has 1 fully saturated rings. The van der Waals surface area contributed by atoms with Crippen molar-refractivity contribution in [1.29, 1.82) is 0 Å². The first-order valence-electron chi connectivity index (χ1n) is 5.77. The molecule has 3 N–H and O–H groups in total. The third-order valence-corrected chi connectivity index (χ3v) is 4.24. The van der Waals surface area contributed by atoms with Crippen molar-refractivity contribution in [2.24, 2.45) is 5.41 Å². The number of nitrogens with one attached hydrogen (secondary N) is 1. The number of aromatic carboxylic acids is 1. The first-order chi connectivity index (χ1) is 8.15. The second kappa shape index (κ2) is 5.16. The maximum atomic E-state index is 10.7. The fourth-order valence-electron chi connectivity index (χ4n) is 1.97. The van der Waals surface area contributed by atoms with Gasteiger partial charge in [-0.3, -0.25) is 0 Å². The van der Waals surface area contributed by atoms with E-state index in [1.54, 1.807) is 11.4 Å². The van der Waals surface area contributed by atoms with E-state index in [9.17, 15) is 4.79 Å². The summed E-state index contributed by atoms with van der Waals surface area (Å²) in [6.07, 6.45) is 3.24. The highest BCUT2D eigenvalue weighted by Crippen LogP contribution is 2.47. The van der Waals surface area contributed by atoms with Crippen molar-refractivity contribution >= 4 is 17.3 Å². The third-order valence-electron chi connectivity index (χ3n) is 3.30. The minimum atomic E-state index is -0.869. The number of carbonyl (C=O) groups is 1. The molecule has 94 valence electrons. The van der Waals surface area contributed by atoms with Crippen molar-refractivity contribution in [1.82, 2.24) is 5.32 Å². The fourth-order valence-corrected chi connectivity index (χ4v) is 2.79. The van der Waals surface area contributed by atoms with Crippen LogP contribution in [0.4, 0.5) is 0 Å². The Morgan fingerprint density at radius 3 is 2.82 bits per heavy atom. The lowest BCUT2D eigenvalue weighted by Crippen LogP contribution is -2.24. The SMILES string of the molecule is O=C(O)c1csc(CNCC2(CCO)CC2)c1. The standard InChI is InChI=1S/C12H17NO3S/c14-4-3-12(1-2-12)8-13-6-10-5-9(7-17-10)11(15)16/h5,7,13-14H,1-4,6,8H2,(H,15,16). The summed E-state index contributed by atoms with van der Waals surface area (Å²) in [5, 5.41) is 22.7. The fraction of sp³-hybridized carbons (Fsp3) is 0.583. The zero-order valence-electron chi connectivity index (χ0n) is 9.61. The Balaban J connectivity index is 1.76. The largest absolute Gasteiger partial charge is 0.478 e. The molecule has 17 heavy (non-hydrogen) atoms. The van der Waals surface area contributed by atoms with Gasteiger partial charge in [0.15, 0.2) is 0 Å². The van der Waals surface area contributed by atoms with E-state index in [1.807, 2.05) is 0 Å². The highest BCUT2D eigenvalue weighted by molar-refractivity contribution is 7.10. The van der Waals surface area contributed by atoms with Crippen molar-refractivity contribution in [2.75, 3.05) is 13.2 Å². The number of hydrogen-bond donors (Lipinski definition) is 3. The molecule has 1 aliphatic rings. The lowest BCUT2D eigenvalue weighted by Gasteiger charge is -2.13. The van der Waals surface area contributed by atoms with Crippen molar-refractivity contribution in [3.63, 3.8) is 0 Å². The Hall–Kier alpha value is -0.910. The topological polar surface area (TPSA) is 69.6 Å². The van der Waals surface area contributed by atoms with Crippen LogP contribution in [0.25, 0.3) is 0 Å². The van der Waals surface area contributed by atoms with Crippen LogP contribution >= 0.6 is 11.3 Å². The van der Waals surface area contributed by atoms with Gasteiger partial charge in [-0.25, -0.2) is 4.79 Å². The summed E-state index contributed by atoms with van der Waals surface area (Å²) in [7, 11) is 0. The third kappa shape index (κ3) is 3.28. The van der Waals surface area contributed by atoms with E-state index in [-0.39, 0.29) is 6.61 Å². The van der Waals surface area contributed by atoms with Crippen LogP contribution in [0.15, 0.2) is 11.4 Å². The van der Waals surface area contributed by atoms with Crippen LogP contribution in [-0.2, 0) is 6.54 Å². The highest BCUT2D eigenvalue weighted by atomic mass is 32.1. The number of carboxylic acid groups (broad SMARTS) is 1. The Bertz CT molecular complexity index is 398. The van der Waals surface area contributed by atoms with Gasteiger partial charge in [0.2, 0.25) is 0 Å². The molecule has 0 aliphatic heterocycles. The number of aliphatic hydroxyl groups is 1. The molecule has 5 heteroatoms. The summed E-state index contributed by atoms with van der Waals surface area (Å²) in [5.74, 6) is -0.869. The van der Waals surface area contributed by atoms with Crippen molar-refractivity contribution in [2.45, 2.75) is 25.8 Å². The van der Waals surface area contributed by atoms with Crippen LogP contribution in [0.5, 0.6) is 0 Å². The predicted octanol–water partition coefficient (Wildman–Crippen LogP) is 1.70. The van der Waals surface area contributed by atoms with Gasteiger partial charge in [-0.15, -0.1) is 11.3 Å². The van der Waals surface area contributed by atoms with E-state index in [0.717, 1.165) is 17.8 Å². The number of hydrogen-bond acceptors (Lipinski definition) is 4. The maximum absolute atomic E-state index is 10.7. The summed E-state index contributed by atoms with van der Waals surface area (Å²) < 4.78 is 0. The molecule has 1 aliphatic carbocycles. The second-order valence-corrected chi connectivity index (χ2v) is 5.68. The monoisotopic (exact) mass is 255 g/mol. The quantitative estimate of drug-likeness (QED) is 0.693. The van der Waals surface area contributed by atoms with Gasteiger partial charge >= 0.3 is 5.97 Å². The zero-order valence-corrected chi connectivity index (χ0v) is 10.4. The van der Waals surface area contributed by atoms with Gasteiger partial charge in [-0.05, 0) is 30.7 Å². The van der Waals surface area contributed by atoms with Crippen LogP contribution in [-0.4, -0.2) is 29.3 Å². The van der Waals surface area contributed by atoms with Crippen LogP contribution in [0.2, 0.25) is 0 Å². The van der Waals surface area contributed by atoms with Gasteiger partial charge in [0.1, 0.15) is 0 Å².